The van der Waals surface area contributed by atoms with Gasteiger partial charge in [0.25, 0.3) is 0 Å². The van der Waals surface area contributed by atoms with Crippen LogP contribution in [0.1, 0.15) is 12.8 Å². The van der Waals surface area contributed by atoms with Crippen molar-refractivity contribution >= 4 is 17.2 Å². The summed E-state index contributed by atoms with van der Waals surface area (Å²) < 4.78 is 51.2. The molecule has 0 spiro atoms. The molecule has 0 radical (unpaired) electrons. The Bertz CT molecular complexity index is 608. The third-order valence-electron chi connectivity index (χ3n) is 2.82. The topological polar surface area (TPSA) is 80.7 Å². The summed E-state index contributed by atoms with van der Waals surface area (Å²) in [5.41, 5.74) is -0.703. The van der Waals surface area contributed by atoms with Crippen LogP contribution in [-0.4, -0.2) is 30.2 Å². The first-order chi connectivity index (χ1) is 10.3. The number of carboxylic acid groups (broad SMARTS) is 1. The van der Waals surface area contributed by atoms with E-state index in [9.17, 15) is 22.3 Å². The molecular formula is C14H14F2NO4S-. The van der Waals surface area contributed by atoms with Crippen LogP contribution >= 0.6 is 0 Å². The van der Waals surface area contributed by atoms with E-state index in [2.05, 4.69) is 13.2 Å². The number of carbonyl (C=O) groups is 1. The van der Waals surface area contributed by atoms with Crippen molar-refractivity contribution in [2.75, 3.05) is 0 Å². The lowest BCUT2D eigenvalue weighted by molar-refractivity contribution is -0.137. The largest absolute Gasteiger partial charge is 0.755 e. The summed E-state index contributed by atoms with van der Waals surface area (Å²) in [6.45, 7) is 6.81. The van der Waals surface area contributed by atoms with Gasteiger partial charge in [-0.15, -0.1) is 0 Å². The van der Waals surface area contributed by atoms with Crippen molar-refractivity contribution in [2.45, 2.75) is 18.9 Å². The van der Waals surface area contributed by atoms with Crippen molar-refractivity contribution < 1.29 is 27.4 Å². The standard InChI is InChI=1S/C14H15F2NO4S/c1-3-5-10-9-11(7-8-13(18)19)14(15,16)17(22(20)21)12(10)6-4-2/h3-6,9H,1-2,7-8H2,(H,18,19)(H,20,21)/p-1/b10-5-,12-6+. The van der Waals surface area contributed by atoms with Gasteiger partial charge in [-0.25, -0.2) is 4.31 Å². The van der Waals surface area contributed by atoms with Gasteiger partial charge in [0.2, 0.25) is 0 Å². The van der Waals surface area contributed by atoms with E-state index in [4.69, 9.17) is 5.11 Å². The highest BCUT2D eigenvalue weighted by atomic mass is 32.2. The predicted octanol–water partition coefficient (Wildman–Crippen LogP) is 2.66. The monoisotopic (exact) mass is 330 g/mol. The second-order valence-electron chi connectivity index (χ2n) is 4.26. The Morgan fingerprint density at radius 1 is 1.41 bits per heavy atom. The zero-order valence-corrected chi connectivity index (χ0v) is 12.3. The molecule has 0 aromatic heterocycles. The second kappa shape index (κ2) is 7.28. The van der Waals surface area contributed by atoms with Gasteiger partial charge in [0.1, 0.15) is 0 Å². The molecule has 8 heteroatoms. The molecule has 0 bridgehead atoms. The molecule has 1 rings (SSSR count). The zero-order chi connectivity index (χ0) is 16.9. The Balaban J connectivity index is 3.48. The van der Waals surface area contributed by atoms with Gasteiger partial charge in [0, 0.05) is 12.0 Å². The number of nitrogens with zero attached hydrogens (tertiary/aromatic N) is 1. The van der Waals surface area contributed by atoms with Crippen LogP contribution in [0.5, 0.6) is 0 Å². The maximum Gasteiger partial charge on any atom is 0.359 e. The van der Waals surface area contributed by atoms with Crippen molar-refractivity contribution in [3.8, 4) is 0 Å². The number of hydrogen-bond acceptors (Lipinski definition) is 3. The summed E-state index contributed by atoms with van der Waals surface area (Å²) >= 11 is -3.26. The molecule has 0 saturated carbocycles. The minimum Gasteiger partial charge on any atom is -0.755 e. The number of alkyl halides is 2. The molecule has 1 atom stereocenters. The summed E-state index contributed by atoms with van der Waals surface area (Å²) in [5.74, 6) is -1.26. The molecule has 1 aliphatic rings. The van der Waals surface area contributed by atoms with Gasteiger partial charge < -0.3 is 9.66 Å². The lowest BCUT2D eigenvalue weighted by Gasteiger charge is -2.40. The molecule has 1 aliphatic heterocycles. The van der Waals surface area contributed by atoms with Gasteiger partial charge in [0.05, 0.1) is 17.0 Å². The van der Waals surface area contributed by atoms with Gasteiger partial charge >= 0.3 is 12.0 Å². The summed E-state index contributed by atoms with van der Waals surface area (Å²) in [6.07, 6.45) is 5.03. The van der Waals surface area contributed by atoms with E-state index in [0.717, 1.165) is 12.2 Å². The fourth-order valence-corrected chi connectivity index (χ4v) is 2.55. The molecule has 0 saturated heterocycles. The quantitative estimate of drug-likeness (QED) is 0.600. The fourth-order valence-electron chi connectivity index (χ4n) is 1.92. The first-order valence-corrected chi connectivity index (χ1v) is 7.15. The molecule has 1 heterocycles. The van der Waals surface area contributed by atoms with E-state index in [-0.39, 0.29) is 15.6 Å². The molecule has 0 aromatic carbocycles. The average molecular weight is 330 g/mol. The Hall–Kier alpha value is -2.06. The minimum absolute atomic E-state index is 0.0960. The molecule has 0 amide bonds. The maximum absolute atomic E-state index is 14.4. The smallest absolute Gasteiger partial charge is 0.359 e. The van der Waals surface area contributed by atoms with Crippen molar-refractivity contribution in [1.29, 1.82) is 0 Å². The molecule has 0 aliphatic carbocycles. The first-order valence-electron chi connectivity index (χ1n) is 6.11. The van der Waals surface area contributed by atoms with E-state index < -0.39 is 41.7 Å². The van der Waals surface area contributed by atoms with Gasteiger partial charge in [-0.3, -0.25) is 9.00 Å². The van der Waals surface area contributed by atoms with Crippen molar-refractivity contribution in [1.82, 2.24) is 4.31 Å². The summed E-state index contributed by atoms with van der Waals surface area (Å²) in [7, 11) is 0. The van der Waals surface area contributed by atoms with Crippen LogP contribution in [0.25, 0.3) is 0 Å². The minimum atomic E-state index is -3.85. The Morgan fingerprint density at radius 2 is 2.00 bits per heavy atom. The van der Waals surface area contributed by atoms with Crippen LogP contribution < -0.4 is 0 Å². The number of rotatable bonds is 6. The summed E-state index contributed by atoms with van der Waals surface area (Å²) in [6, 6.07) is -3.85. The molecule has 22 heavy (non-hydrogen) atoms. The lowest BCUT2D eigenvalue weighted by Crippen LogP contribution is -2.46. The van der Waals surface area contributed by atoms with Gasteiger partial charge in [0.15, 0.2) is 0 Å². The molecule has 1 unspecified atom stereocenters. The zero-order valence-electron chi connectivity index (χ0n) is 11.5. The van der Waals surface area contributed by atoms with Gasteiger partial charge in [-0.2, -0.15) is 8.78 Å². The number of halogens is 2. The molecule has 5 nitrogen and oxygen atoms in total. The predicted molar refractivity (Wildman–Crippen MR) is 77.2 cm³/mol. The van der Waals surface area contributed by atoms with Crippen LogP contribution in [0.4, 0.5) is 8.78 Å². The van der Waals surface area contributed by atoms with Crippen LogP contribution in [0.3, 0.4) is 0 Å². The summed E-state index contributed by atoms with van der Waals surface area (Å²) in [4.78, 5) is 10.6. The Labute approximate surface area is 129 Å². The highest BCUT2D eigenvalue weighted by Crippen LogP contribution is 2.42. The number of aliphatic carboxylic acids is 1. The maximum atomic E-state index is 14.4. The number of allylic oxidation sites excluding steroid dienone is 5. The van der Waals surface area contributed by atoms with Crippen LogP contribution in [0, 0.1) is 0 Å². The van der Waals surface area contributed by atoms with E-state index in [0.29, 0.717) is 0 Å². The van der Waals surface area contributed by atoms with E-state index >= 15 is 0 Å². The number of hydrogen-bond donors (Lipinski definition) is 1. The molecule has 1 N–H and O–H groups in total. The van der Waals surface area contributed by atoms with E-state index in [1.165, 1.54) is 18.2 Å². The molecule has 0 aromatic rings. The second-order valence-corrected chi connectivity index (χ2v) is 5.06. The molecule has 0 fully saturated rings. The normalized spacial score (nSPS) is 22.3. The molecular weight excluding hydrogens is 316 g/mol. The highest BCUT2D eigenvalue weighted by molar-refractivity contribution is 7.76. The van der Waals surface area contributed by atoms with Gasteiger partial charge in [-0.1, -0.05) is 31.4 Å². The van der Waals surface area contributed by atoms with Gasteiger partial charge in [-0.05, 0) is 24.1 Å². The van der Waals surface area contributed by atoms with Crippen molar-refractivity contribution in [3.63, 3.8) is 0 Å². The SMILES string of the molecule is C=C/C=C1/C=C(CCC(=O)O)C(F)(F)N(S(=O)[O-])/C1=C/C=C. The van der Waals surface area contributed by atoms with E-state index in [1.807, 2.05) is 0 Å². The fraction of sp³-hybridized carbons (Fsp3) is 0.214. The Kier molecular flexibility index (Phi) is 5.95. The highest BCUT2D eigenvalue weighted by Gasteiger charge is 2.46. The van der Waals surface area contributed by atoms with Crippen LogP contribution in [-0.2, 0) is 16.1 Å². The summed E-state index contributed by atoms with van der Waals surface area (Å²) in [5, 5.41) is 8.63. The lowest BCUT2D eigenvalue weighted by atomic mass is 9.97. The van der Waals surface area contributed by atoms with E-state index in [1.54, 1.807) is 0 Å². The van der Waals surface area contributed by atoms with Crippen LogP contribution in [0.15, 0.2) is 60.4 Å². The third-order valence-corrected chi connectivity index (χ3v) is 3.54. The van der Waals surface area contributed by atoms with Crippen molar-refractivity contribution in [2.24, 2.45) is 0 Å². The third kappa shape index (κ3) is 3.77. The average Bonchev–Trinajstić information content (AvgIpc) is 2.39. The Morgan fingerprint density at radius 3 is 2.45 bits per heavy atom. The van der Waals surface area contributed by atoms with Crippen LogP contribution in [0.2, 0.25) is 0 Å². The molecule has 120 valence electrons. The first kappa shape index (κ1) is 18.0. The number of carboxylic acids is 1. The van der Waals surface area contributed by atoms with Crippen molar-refractivity contribution in [3.05, 3.63) is 60.4 Å².